The van der Waals surface area contributed by atoms with Gasteiger partial charge in [0.2, 0.25) is 16.9 Å². The Morgan fingerprint density at radius 2 is 1.71 bits per heavy atom. The largest absolute Gasteiger partial charge is 0.378 e. The first-order chi connectivity index (χ1) is 14.8. The molecule has 2 atom stereocenters. The van der Waals surface area contributed by atoms with E-state index in [1.807, 2.05) is 73.6 Å². The Bertz CT molecular complexity index is 1020. The van der Waals surface area contributed by atoms with Crippen LogP contribution in [0.2, 0.25) is 0 Å². The van der Waals surface area contributed by atoms with Gasteiger partial charge in [0.25, 0.3) is 0 Å². The van der Waals surface area contributed by atoms with E-state index in [2.05, 4.69) is 20.8 Å². The fraction of sp³-hybridized carbons (Fsp3) is 0.273. The zero-order chi connectivity index (χ0) is 22.4. The number of benzene rings is 2. The van der Waals surface area contributed by atoms with Gasteiger partial charge in [0, 0.05) is 31.8 Å². The van der Waals surface area contributed by atoms with Crippen molar-refractivity contribution in [3.8, 4) is 10.6 Å². The minimum absolute atomic E-state index is 0.333. The number of nitrogens with one attached hydrogen (secondary N) is 2. The van der Waals surface area contributed by atoms with E-state index in [1.165, 1.54) is 11.3 Å². The molecule has 0 aliphatic heterocycles. The van der Waals surface area contributed by atoms with Gasteiger partial charge in [0.15, 0.2) is 0 Å². The molecule has 0 saturated heterocycles. The molecule has 1 aromatic heterocycles. The van der Waals surface area contributed by atoms with Crippen molar-refractivity contribution >= 4 is 45.6 Å². The maximum Gasteiger partial charge on any atom is 0.249 e. The Balaban J connectivity index is 1.72. The van der Waals surface area contributed by atoms with Crippen LogP contribution in [0.25, 0.3) is 10.6 Å². The molecule has 0 aliphatic carbocycles. The van der Waals surface area contributed by atoms with Gasteiger partial charge in [-0.15, -0.1) is 21.8 Å². The van der Waals surface area contributed by atoms with Crippen molar-refractivity contribution in [1.82, 2.24) is 15.5 Å². The van der Waals surface area contributed by atoms with E-state index in [-0.39, 0.29) is 5.91 Å². The normalized spacial score (nSPS) is 12.6. The standard InChI is InChI=1S/C22H24ClN5O2S/c1-14(23)19(29)24-18(13-15-7-5-4-6-8-15)20(30)25-22-27-26-21(31-22)16-9-11-17(12-10-16)28(2)3/h4-12,14,18H,13H2,1-3H3,(H,24,29)(H,25,27,30). The molecule has 7 nitrogen and oxygen atoms in total. The predicted octanol–water partition coefficient (Wildman–Crippen LogP) is 3.56. The Labute approximate surface area is 190 Å². The van der Waals surface area contributed by atoms with Gasteiger partial charge in [0.05, 0.1) is 0 Å². The quantitative estimate of drug-likeness (QED) is 0.505. The van der Waals surface area contributed by atoms with Gasteiger partial charge in [-0.25, -0.2) is 0 Å². The number of carbonyl (C=O) groups is 2. The third-order valence-corrected chi connectivity index (χ3v) is 5.65. The number of hydrogen-bond acceptors (Lipinski definition) is 6. The van der Waals surface area contributed by atoms with Crippen molar-refractivity contribution in [3.05, 3.63) is 60.2 Å². The molecule has 1 heterocycles. The Morgan fingerprint density at radius 1 is 1.03 bits per heavy atom. The van der Waals surface area contributed by atoms with Gasteiger partial charge in [-0.3, -0.25) is 14.9 Å². The summed E-state index contributed by atoms with van der Waals surface area (Å²) in [6.45, 7) is 1.56. The van der Waals surface area contributed by atoms with Gasteiger partial charge in [-0.05, 0) is 36.8 Å². The zero-order valence-corrected chi connectivity index (χ0v) is 19.1. The number of halogens is 1. The summed E-state index contributed by atoms with van der Waals surface area (Å²) in [4.78, 5) is 27.0. The van der Waals surface area contributed by atoms with Crippen LogP contribution in [0.3, 0.4) is 0 Å². The van der Waals surface area contributed by atoms with E-state index >= 15 is 0 Å². The number of alkyl halides is 1. The third-order valence-electron chi connectivity index (χ3n) is 4.56. The van der Waals surface area contributed by atoms with Gasteiger partial charge >= 0.3 is 0 Å². The van der Waals surface area contributed by atoms with Gasteiger partial charge in [-0.1, -0.05) is 41.7 Å². The van der Waals surface area contributed by atoms with E-state index in [0.29, 0.717) is 16.6 Å². The third kappa shape index (κ3) is 6.26. The molecule has 0 bridgehead atoms. The molecular weight excluding hydrogens is 434 g/mol. The summed E-state index contributed by atoms with van der Waals surface area (Å²) in [6, 6.07) is 16.6. The zero-order valence-electron chi connectivity index (χ0n) is 17.5. The lowest BCUT2D eigenvalue weighted by molar-refractivity contribution is -0.126. The maximum absolute atomic E-state index is 12.9. The van der Waals surface area contributed by atoms with E-state index in [9.17, 15) is 9.59 Å². The first-order valence-corrected chi connectivity index (χ1v) is 11.0. The van der Waals surface area contributed by atoms with Crippen molar-refractivity contribution in [2.75, 3.05) is 24.3 Å². The highest BCUT2D eigenvalue weighted by Gasteiger charge is 2.24. The van der Waals surface area contributed by atoms with Crippen LogP contribution in [-0.4, -0.2) is 47.5 Å². The molecule has 2 N–H and O–H groups in total. The van der Waals surface area contributed by atoms with E-state index < -0.39 is 17.3 Å². The molecule has 0 saturated carbocycles. The number of rotatable bonds is 8. The predicted molar refractivity (Wildman–Crippen MR) is 126 cm³/mol. The minimum Gasteiger partial charge on any atom is -0.378 e. The number of nitrogens with zero attached hydrogens (tertiary/aromatic N) is 3. The first kappa shape index (κ1) is 22.7. The van der Waals surface area contributed by atoms with Crippen molar-refractivity contribution in [3.63, 3.8) is 0 Å². The number of amides is 2. The number of anilines is 2. The van der Waals surface area contributed by atoms with Crippen LogP contribution in [0.15, 0.2) is 54.6 Å². The number of carbonyl (C=O) groups excluding carboxylic acids is 2. The molecule has 2 amide bonds. The van der Waals surface area contributed by atoms with Crippen LogP contribution in [0.1, 0.15) is 12.5 Å². The summed E-state index contributed by atoms with van der Waals surface area (Å²) in [6.07, 6.45) is 0.333. The summed E-state index contributed by atoms with van der Waals surface area (Å²) >= 11 is 7.15. The van der Waals surface area contributed by atoms with Crippen LogP contribution in [0.5, 0.6) is 0 Å². The molecule has 0 aliphatic rings. The molecule has 9 heteroatoms. The van der Waals surface area contributed by atoms with E-state index in [0.717, 1.165) is 16.8 Å². The summed E-state index contributed by atoms with van der Waals surface area (Å²) in [7, 11) is 3.95. The number of aromatic nitrogens is 2. The molecule has 0 spiro atoms. The highest BCUT2D eigenvalue weighted by molar-refractivity contribution is 7.18. The number of hydrogen-bond donors (Lipinski definition) is 2. The van der Waals surface area contributed by atoms with Crippen LogP contribution < -0.4 is 15.5 Å². The second kappa shape index (κ2) is 10.4. The second-order valence-electron chi connectivity index (χ2n) is 7.21. The van der Waals surface area contributed by atoms with E-state index in [1.54, 1.807) is 6.92 Å². The summed E-state index contributed by atoms with van der Waals surface area (Å²) in [5.74, 6) is -0.781. The Morgan fingerprint density at radius 3 is 2.32 bits per heavy atom. The summed E-state index contributed by atoms with van der Waals surface area (Å²) in [5.41, 5.74) is 2.91. The van der Waals surface area contributed by atoms with Crippen molar-refractivity contribution in [2.45, 2.75) is 24.8 Å². The van der Waals surface area contributed by atoms with Crippen molar-refractivity contribution in [1.29, 1.82) is 0 Å². The summed E-state index contributed by atoms with van der Waals surface area (Å²) < 4.78 is 0. The molecule has 0 fully saturated rings. The summed E-state index contributed by atoms with van der Waals surface area (Å²) in [5, 5.41) is 14.0. The average molecular weight is 458 g/mol. The molecule has 162 valence electrons. The molecule has 0 radical (unpaired) electrons. The molecule has 3 aromatic rings. The minimum atomic E-state index is -0.789. The van der Waals surface area contributed by atoms with Crippen LogP contribution in [-0.2, 0) is 16.0 Å². The van der Waals surface area contributed by atoms with Crippen molar-refractivity contribution < 1.29 is 9.59 Å². The lowest BCUT2D eigenvalue weighted by Crippen LogP contribution is -2.47. The van der Waals surface area contributed by atoms with Crippen LogP contribution in [0, 0.1) is 0 Å². The fourth-order valence-corrected chi connectivity index (χ4v) is 3.65. The first-order valence-electron chi connectivity index (χ1n) is 9.74. The monoisotopic (exact) mass is 457 g/mol. The molecular formula is C22H24ClN5O2S. The topological polar surface area (TPSA) is 87.2 Å². The lowest BCUT2D eigenvalue weighted by Gasteiger charge is -2.18. The maximum atomic E-state index is 12.9. The van der Waals surface area contributed by atoms with Crippen molar-refractivity contribution in [2.24, 2.45) is 0 Å². The Hall–Kier alpha value is -2.97. The molecule has 3 rings (SSSR count). The van der Waals surface area contributed by atoms with Gasteiger partial charge in [-0.2, -0.15) is 0 Å². The average Bonchev–Trinajstić information content (AvgIpc) is 3.22. The second-order valence-corrected chi connectivity index (χ2v) is 8.84. The smallest absolute Gasteiger partial charge is 0.249 e. The highest BCUT2D eigenvalue weighted by Crippen LogP contribution is 2.28. The van der Waals surface area contributed by atoms with Crippen LogP contribution in [0.4, 0.5) is 10.8 Å². The fourth-order valence-electron chi connectivity index (χ4n) is 2.83. The Kier molecular flexibility index (Phi) is 7.59. The molecule has 2 aromatic carbocycles. The van der Waals surface area contributed by atoms with Gasteiger partial charge in [0.1, 0.15) is 16.4 Å². The molecule has 2 unspecified atom stereocenters. The van der Waals surface area contributed by atoms with Crippen LogP contribution >= 0.6 is 22.9 Å². The van der Waals surface area contributed by atoms with Gasteiger partial charge < -0.3 is 10.2 Å². The van der Waals surface area contributed by atoms with E-state index in [4.69, 9.17) is 11.6 Å². The highest BCUT2D eigenvalue weighted by atomic mass is 35.5. The lowest BCUT2D eigenvalue weighted by atomic mass is 10.1. The molecule has 31 heavy (non-hydrogen) atoms. The SMILES string of the molecule is CC(Cl)C(=O)NC(Cc1ccccc1)C(=O)Nc1nnc(-c2ccc(N(C)C)cc2)s1.